The van der Waals surface area contributed by atoms with E-state index in [2.05, 4.69) is 19.9 Å². The van der Waals surface area contributed by atoms with Gasteiger partial charge < -0.3 is 29.2 Å². The summed E-state index contributed by atoms with van der Waals surface area (Å²) in [6.45, 7) is 0.335. The van der Waals surface area contributed by atoms with Gasteiger partial charge in [-0.15, -0.1) is 0 Å². The van der Waals surface area contributed by atoms with Crippen molar-refractivity contribution in [1.29, 1.82) is 0 Å². The number of nitrogens with zero attached hydrogens (tertiary/aromatic N) is 2. The topological polar surface area (TPSA) is 64.6 Å². The number of methoxy groups -OCH3 is 1. The largest absolute Gasteiger partial charge is 0.493 e. The third kappa shape index (κ3) is 5.23. The number of benzene rings is 1. The standard InChI is InChI=1S/C19H27F2N3O4/c1-22-19(24-7-9-27-17(12-24)15-4-3-8-26-15)23-11-13-5-6-14(25-2)16(10-13)28-18(20)21/h5-6,10,15,17-18H,3-4,7-9,11-12H2,1-2H3,(H,22,23). The summed E-state index contributed by atoms with van der Waals surface area (Å²) in [5.41, 5.74) is 0.779. The Morgan fingerprint density at radius 1 is 1.29 bits per heavy atom. The number of hydrogen-bond donors (Lipinski definition) is 1. The van der Waals surface area contributed by atoms with E-state index in [9.17, 15) is 8.78 Å². The number of morpholine rings is 1. The van der Waals surface area contributed by atoms with Crippen molar-refractivity contribution < 1.29 is 27.7 Å². The van der Waals surface area contributed by atoms with E-state index in [1.54, 1.807) is 25.2 Å². The summed E-state index contributed by atoms with van der Waals surface area (Å²) in [6, 6.07) is 4.95. The Morgan fingerprint density at radius 3 is 2.79 bits per heavy atom. The first-order valence-electron chi connectivity index (χ1n) is 9.41. The number of aliphatic imine (C=N–C) groups is 1. The summed E-state index contributed by atoms with van der Waals surface area (Å²) in [5.74, 6) is 1.01. The van der Waals surface area contributed by atoms with Crippen molar-refractivity contribution in [2.45, 2.75) is 38.2 Å². The second kappa shape index (κ2) is 9.88. The minimum Gasteiger partial charge on any atom is -0.493 e. The molecule has 2 saturated heterocycles. The Hall–Kier alpha value is -2.13. The fraction of sp³-hybridized carbons (Fsp3) is 0.632. The van der Waals surface area contributed by atoms with Crippen LogP contribution in [0.1, 0.15) is 18.4 Å². The summed E-state index contributed by atoms with van der Waals surface area (Å²) in [5, 5.41) is 3.28. The highest BCUT2D eigenvalue weighted by atomic mass is 19.3. The van der Waals surface area contributed by atoms with Crippen molar-refractivity contribution in [3.8, 4) is 11.5 Å². The third-order valence-electron chi connectivity index (χ3n) is 4.88. The zero-order valence-electron chi connectivity index (χ0n) is 16.2. The first kappa shape index (κ1) is 20.6. The van der Waals surface area contributed by atoms with E-state index in [1.165, 1.54) is 7.11 Å². The predicted molar refractivity (Wildman–Crippen MR) is 100 cm³/mol. The molecular formula is C19H27F2N3O4. The van der Waals surface area contributed by atoms with Crippen LogP contribution in [0.2, 0.25) is 0 Å². The van der Waals surface area contributed by atoms with Crippen LogP contribution in [0, 0.1) is 0 Å². The summed E-state index contributed by atoms with van der Waals surface area (Å²) in [7, 11) is 3.13. The molecule has 0 aliphatic carbocycles. The first-order valence-corrected chi connectivity index (χ1v) is 9.41. The van der Waals surface area contributed by atoms with Crippen LogP contribution in [0.4, 0.5) is 8.78 Å². The first-order chi connectivity index (χ1) is 13.6. The van der Waals surface area contributed by atoms with Gasteiger partial charge in [0.25, 0.3) is 0 Å². The average molecular weight is 399 g/mol. The van der Waals surface area contributed by atoms with Gasteiger partial charge in [0.1, 0.15) is 6.10 Å². The van der Waals surface area contributed by atoms with E-state index >= 15 is 0 Å². The Bertz CT molecular complexity index is 669. The van der Waals surface area contributed by atoms with Gasteiger partial charge in [-0.05, 0) is 30.5 Å². The van der Waals surface area contributed by atoms with Gasteiger partial charge in [-0.2, -0.15) is 8.78 Å². The molecule has 2 aliphatic rings. The molecular weight excluding hydrogens is 372 g/mol. The van der Waals surface area contributed by atoms with Gasteiger partial charge in [-0.3, -0.25) is 4.99 Å². The van der Waals surface area contributed by atoms with Crippen molar-refractivity contribution >= 4 is 5.96 Å². The Labute approximate surface area is 163 Å². The summed E-state index contributed by atoms with van der Waals surface area (Å²) in [4.78, 5) is 6.49. The van der Waals surface area contributed by atoms with Crippen LogP contribution in [0.3, 0.4) is 0 Å². The maximum atomic E-state index is 12.6. The van der Waals surface area contributed by atoms with Gasteiger partial charge >= 0.3 is 6.61 Å². The molecule has 2 unspecified atom stereocenters. The van der Waals surface area contributed by atoms with E-state index in [0.29, 0.717) is 19.7 Å². The quantitative estimate of drug-likeness (QED) is 0.585. The number of ether oxygens (including phenoxy) is 4. The molecule has 0 radical (unpaired) electrons. The molecule has 0 amide bonds. The summed E-state index contributed by atoms with van der Waals surface area (Å²) >= 11 is 0. The molecule has 1 N–H and O–H groups in total. The van der Waals surface area contributed by atoms with Gasteiger partial charge in [0.05, 0.1) is 19.8 Å². The van der Waals surface area contributed by atoms with Crippen molar-refractivity contribution in [1.82, 2.24) is 10.2 Å². The fourth-order valence-electron chi connectivity index (χ4n) is 3.52. The summed E-state index contributed by atoms with van der Waals surface area (Å²) in [6.07, 6.45) is 2.25. The van der Waals surface area contributed by atoms with Crippen LogP contribution in [0.5, 0.6) is 11.5 Å². The highest BCUT2D eigenvalue weighted by molar-refractivity contribution is 5.80. The van der Waals surface area contributed by atoms with Gasteiger partial charge in [0, 0.05) is 33.3 Å². The van der Waals surface area contributed by atoms with Crippen LogP contribution in [-0.4, -0.2) is 70.1 Å². The molecule has 2 aliphatic heterocycles. The molecule has 1 aromatic rings. The van der Waals surface area contributed by atoms with E-state index in [0.717, 1.165) is 37.5 Å². The smallest absolute Gasteiger partial charge is 0.387 e. The molecule has 3 rings (SSSR count). The predicted octanol–water partition coefficient (Wildman–Crippen LogP) is 2.25. The molecule has 2 atom stereocenters. The molecule has 28 heavy (non-hydrogen) atoms. The lowest BCUT2D eigenvalue weighted by Gasteiger charge is -2.37. The van der Waals surface area contributed by atoms with Crippen LogP contribution < -0.4 is 14.8 Å². The number of hydrogen-bond acceptors (Lipinski definition) is 5. The molecule has 7 nitrogen and oxygen atoms in total. The monoisotopic (exact) mass is 399 g/mol. The second-order valence-electron chi connectivity index (χ2n) is 6.67. The minimum atomic E-state index is -2.91. The van der Waals surface area contributed by atoms with E-state index < -0.39 is 6.61 Å². The van der Waals surface area contributed by atoms with Crippen LogP contribution in [-0.2, 0) is 16.0 Å². The zero-order valence-corrected chi connectivity index (χ0v) is 16.2. The lowest BCUT2D eigenvalue weighted by Crippen LogP contribution is -2.53. The van der Waals surface area contributed by atoms with Crippen LogP contribution in [0.25, 0.3) is 0 Å². The molecule has 0 spiro atoms. The molecule has 0 aromatic heterocycles. The van der Waals surface area contributed by atoms with Crippen LogP contribution in [0.15, 0.2) is 23.2 Å². The fourth-order valence-corrected chi connectivity index (χ4v) is 3.52. The van der Waals surface area contributed by atoms with Gasteiger partial charge in [0.2, 0.25) is 0 Å². The molecule has 2 fully saturated rings. The minimum absolute atomic E-state index is 0.0107. The van der Waals surface area contributed by atoms with E-state index in [4.69, 9.17) is 14.2 Å². The SMILES string of the molecule is CN=C(NCc1ccc(OC)c(OC(F)F)c1)N1CCOC(C2CCCO2)C1. The van der Waals surface area contributed by atoms with Crippen LogP contribution >= 0.6 is 0 Å². The Balaban J connectivity index is 1.60. The number of alkyl halides is 2. The Kier molecular flexibility index (Phi) is 7.27. The van der Waals surface area contributed by atoms with E-state index in [-0.39, 0.29) is 23.7 Å². The number of guanidine groups is 1. The molecule has 0 saturated carbocycles. The highest BCUT2D eigenvalue weighted by Gasteiger charge is 2.32. The van der Waals surface area contributed by atoms with Gasteiger partial charge in [-0.25, -0.2) is 0 Å². The van der Waals surface area contributed by atoms with E-state index in [1.807, 2.05) is 0 Å². The lowest BCUT2D eigenvalue weighted by molar-refractivity contribution is -0.0817. The van der Waals surface area contributed by atoms with Gasteiger partial charge in [0.15, 0.2) is 17.5 Å². The normalized spacial score (nSPS) is 23.2. The lowest BCUT2D eigenvalue weighted by atomic mass is 10.1. The number of halogens is 2. The molecule has 9 heteroatoms. The maximum Gasteiger partial charge on any atom is 0.387 e. The molecule has 1 aromatic carbocycles. The molecule has 2 heterocycles. The molecule has 156 valence electrons. The Morgan fingerprint density at radius 2 is 2.11 bits per heavy atom. The van der Waals surface area contributed by atoms with Crippen molar-refractivity contribution in [2.75, 3.05) is 40.5 Å². The molecule has 0 bridgehead atoms. The van der Waals surface area contributed by atoms with Crippen molar-refractivity contribution in [3.63, 3.8) is 0 Å². The average Bonchev–Trinajstić information content (AvgIpc) is 3.23. The third-order valence-corrected chi connectivity index (χ3v) is 4.88. The number of nitrogens with one attached hydrogen (secondary N) is 1. The van der Waals surface area contributed by atoms with Crippen molar-refractivity contribution in [2.24, 2.45) is 4.99 Å². The zero-order chi connectivity index (χ0) is 19.9. The highest BCUT2D eigenvalue weighted by Crippen LogP contribution is 2.29. The number of rotatable bonds is 6. The van der Waals surface area contributed by atoms with Gasteiger partial charge in [-0.1, -0.05) is 6.07 Å². The van der Waals surface area contributed by atoms with Crippen molar-refractivity contribution in [3.05, 3.63) is 23.8 Å². The second-order valence-corrected chi connectivity index (χ2v) is 6.67. The summed E-state index contributed by atoms with van der Waals surface area (Å²) < 4.78 is 46.4. The maximum absolute atomic E-state index is 12.6.